The molecular formula is C10H14BrNOS. The van der Waals surface area contributed by atoms with Crippen LogP contribution in [0.5, 0.6) is 0 Å². The van der Waals surface area contributed by atoms with Crippen LogP contribution in [0, 0.1) is 0 Å². The molecule has 0 saturated heterocycles. The van der Waals surface area contributed by atoms with E-state index in [-0.39, 0.29) is 12.6 Å². The molecule has 0 fully saturated rings. The zero-order chi connectivity index (χ0) is 10.1. The molecule has 1 aromatic rings. The third kappa shape index (κ3) is 1.76. The molecule has 0 amide bonds. The van der Waals surface area contributed by atoms with Gasteiger partial charge in [0.2, 0.25) is 0 Å². The number of halogens is 1. The van der Waals surface area contributed by atoms with E-state index in [0.717, 1.165) is 15.8 Å². The van der Waals surface area contributed by atoms with Crippen molar-refractivity contribution in [2.75, 3.05) is 6.61 Å². The zero-order valence-corrected chi connectivity index (χ0v) is 10.3. The van der Waals surface area contributed by atoms with Crippen molar-refractivity contribution in [1.29, 1.82) is 0 Å². The number of thiophene rings is 1. The van der Waals surface area contributed by atoms with E-state index in [0.29, 0.717) is 0 Å². The van der Waals surface area contributed by atoms with Crippen molar-refractivity contribution >= 4 is 27.3 Å². The second-order valence-electron chi connectivity index (χ2n) is 3.68. The molecule has 1 heterocycles. The molecule has 4 heteroatoms. The number of hydrogen-bond donors (Lipinski definition) is 2. The summed E-state index contributed by atoms with van der Waals surface area (Å²) in [6, 6.07) is -0.222. The summed E-state index contributed by atoms with van der Waals surface area (Å²) in [7, 11) is 0. The minimum Gasteiger partial charge on any atom is -0.394 e. The van der Waals surface area contributed by atoms with Crippen molar-refractivity contribution in [2.24, 2.45) is 5.73 Å². The van der Waals surface area contributed by atoms with Gasteiger partial charge in [-0.05, 0) is 47.2 Å². The summed E-state index contributed by atoms with van der Waals surface area (Å²) in [4.78, 5) is 2.57. The van der Waals surface area contributed by atoms with E-state index in [1.807, 2.05) is 0 Å². The predicted molar refractivity (Wildman–Crippen MR) is 62.7 cm³/mol. The van der Waals surface area contributed by atoms with Gasteiger partial charge >= 0.3 is 0 Å². The molecule has 2 nitrogen and oxygen atoms in total. The van der Waals surface area contributed by atoms with Crippen LogP contribution >= 0.6 is 27.3 Å². The van der Waals surface area contributed by atoms with Gasteiger partial charge in [-0.15, -0.1) is 11.3 Å². The van der Waals surface area contributed by atoms with Gasteiger partial charge in [-0.25, -0.2) is 0 Å². The van der Waals surface area contributed by atoms with Crippen molar-refractivity contribution in [2.45, 2.75) is 31.7 Å². The number of aliphatic hydroxyl groups excluding tert-OH is 1. The Morgan fingerprint density at radius 3 is 2.79 bits per heavy atom. The Hall–Kier alpha value is 0.100. The highest BCUT2D eigenvalue weighted by Crippen LogP contribution is 2.40. The van der Waals surface area contributed by atoms with Crippen molar-refractivity contribution in [1.82, 2.24) is 0 Å². The number of hydrogen-bond acceptors (Lipinski definition) is 3. The summed E-state index contributed by atoms with van der Waals surface area (Å²) in [6.07, 6.45) is 4.89. The van der Waals surface area contributed by atoms with E-state index in [9.17, 15) is 0 Å². The molecule has 0 radical (unpaired) electrons. The summed E-state index contributed by atoms with van der Waals surface area (Å²) in [5.41, 5.74) is 7.27. The smallest absolute Gasteiger partial charge is 0.0636 e. The number of fused-ring (bicyclic) bond motifs is 1. The minimum absolute atomic E-state index is 0.0258. The Bertz CT molecular complexity index is 337. The quantitative estimate of drug-likeness (QED) is 0.871. The Balaban J connectivity index is 2.38. The maximum absolute atomic E-state index is 9.03. The minimum atomic E-state index is -0.222. The van der Waals surface area contributed by atoms with E-state index in [1.54, 1.807) is 11.3 Å². The molecular weight excluding hydrogens is 262 g/mol. The first-order valence-corrected chi connectivity index (χ1v) is 6.51. The van der Waals surface area contributed by atoms with Gasteiger partial charge in [0.15, 0.2) is 0 Å². The lowest BCUT2D eigenvalue weighted by Crippen LogP contribution is -2.13. The summed E-state index contributed by atoms with van der Waals surface area (Å²) in [5, 5.41) is 9.03. The topological polar surface area (TPSA) is 46.2 Å². The molecule has 1 aliphatic carbocycles. The fraction of sp³-hybridized carbons (Fsp3) is 0.600. The van der Waals surface area contributed by atoms with Crippen LogP contribution in [-0.2, 0) is 12.8 Å². The Labute approximate surface area is 96.3 Å². The SMILES string of the molecule is NC(CO)c1sc2c(c1Br)CCCC2. The van der Waals surface area contributed by atoms with Crippen molar-refractivity contribution in [3.8, 4) is 0 Å². The van der Waals surface area contributed by atoms with Gasteiger partial charge in [-0.2, -0.15) is 0 Å². The van der Waals surface area contributed by atoms with E-state index >= 15 is 0 Å². The summed E-state index contributed by atoms with van der Waals surface area (Å²) < 4.78 is 1.15. The molecule has 78 valence electrons. The van der Waals surface area contributed by atoms with Crippen molar-refractivity contribution < 1.29 is 5.11 Å². The number of aliphatic hydroxyl groups is 1. The van der Waals surface area contributed by atoms with Gasteiger partial charge in [0.1, 0.15) is 0 Å². The highest BCUT2D eigenvalue weighted by Gasteiger charge is 2.21. The molecule has 1 unspecified atom stereocenters. The lowest BCUT2D eigenvalue weighted by atomic mass is 9.99. The molecule has 3 N–H and O–H groups in total. The maximum Gasteiger partial charge on any atom is 0.0636 e. The highest BCUT2D eigenvalue weighted by atomic mass is 79.9. The first-order chi connectivity index (χ1) is 6.74. The summed E-state index contributed by atoms with van der Waals surface area (Å²) >= 11 is 5.36. The fourth-order valence-corrected chi connectivity index (χ4v) is 4.25. The lowest BCUT2D eigenvalue weighted by molar-refractivity contribution is 0.269. The van der Waals surface area contributed by atoms with Crippen LogP contribution in [0.4, 0.5) is 0 Å². The van der Waals surface area contributed by atoms with Crippen LogP contribution in [-0.4, -0.2) is 11.7 Å². The standard InChI is InChI=1S/C10H14BrNOS/c11-9-6-3-1-2-4-8(6)14-10(9)7(12)5-13/h7,13H,1-5,12H2. The van der Waals surface area contributed by atoms with E-state index in [2.05, 4.69) is 15.9 Å². The van der Waals surface area contributed by atoms with Crippen LogP contribution in [0.3, 0.4) is 0 Å². The summed E-state index contributed by atoms with van der Waals surface area (Å²) in [6.45, 7) is 0.0258. The molecule has 1 aromatic heterocycles. The number of rotatable bonds is 2. The van der Waals surface area contributed by atoms with E-state index < -0.39 is 0 Å². The number of nitrogens with two attached hydrogens (primary N) is 1. The molecule has 0 saturated carbocycles. The second kappa shape index (κ2) is 4.31. The highest BCUT2D eigenvalue weighted by molar-refractivity contribution is 9.10. The Morgan fingerprint density at radius 1 is 1.43 bits per heavy atom. The molecule has 1 atom stereocenters. The van der Waals surface area contributed by atoms with Gasteiger partial charge in [0, 0.05) is 14.2 Å². The van der Waals surface area contributed by atoms with Crippen molar-refractivity contribution in [3.63, 3.8) is 0 Å². The molecule has 0 aliphatic heterocycles. The molecule has 0 spiro atoms. The predicted octanol–water partition coefficient (Wildman–Crippen LogP) is 2.38. The average molecular weight is 276 g/mol. The van der Waals surface area contributed by atoms with Crippen LogP contribution in [0.15, 0.2) is 4.47 Å². The zero-order valence-electron chi connectivity index (χ0n) is 7.92. The fourth-order valence-electron chi connectivity index (χ4n) is 1.87. The number of aryl methyl sites for hydroxylation is 1. The van der Waals surface area contributed by atoms with Gasteiger partial charge in [0.05, 0.1) is 12.6 Å². The van der Waals surface area contributed by atoms with Crippen LogP contribution < -0.4 is 5.73 Å². The van der Waals surface area contributed by atoms with Crippen LogP contribution in [0.2, 0.25) is 0 Å². The Kier molecular flexibility index (Phi) is 3.27. The third-order valence-corrected chi connectivity index (χ3v) is 5.26. The monoisotopic (exact) mass is 275 g/mol. The summed E-state index contributed by atoms with van der Waals surface area (Å²) in [5.74, 6) is 0. The average Bonchev–Trinajstić information content (AvgIpc) is 2.56. The van der Waals surface area contributed by atoms with Gasteiger partial charge < -0.3 is 10.8 Å². The first-order valence-electron chi connectivity index (χ1n) is 4.90. The van der Waals surface area contributed by atoms with E-state index in [1.165, 1.54) is 29.7 Å². The lowest BCUT2D eigenvalue weighted by Gasteiger charge is -2.10. The second-order valence-corrected chi connectivity index (χ2v) is 5.61. The molecule has 14 heavy (non-hydrogen) atoms. The van der Waals surface area contributed by atoms with E-state index in [4.69, 9.17) is 10.8 Å². The first kappa shape index (κ1) is 10.6. The maximum atomic E-state index is 9.03. The molecule has 1 aliphatic rings. The van der Waals surface area contributed by atoms with Crippen molar-refractivity contribution in [3.05, 3.63) is 19.8 Å². The van der Waals surface area contributed by atoms with Gasteiger partial charge in [0.25, 0.3) is 0 Å². The van der Waals surface area contributed by atoms with Gasteiger partial charge in [-0.3, -0.25) is 0 Å². The molecule has 0 bridgehead atoms. The third-order valence-electron chi connectivity index (χ3n) is 2.67. The normalized spacial score (nSPS) is 17.9. The molecule has 0 aromatic carbocycles. The van der Waals surface area contributed by atoms with Gasteiger partial charge in [-0.1, -0.05) is 0 Å². The largest absolute Gasteiger partial charge is 0.394 e. The van der Waals surface area contributed by atoms with Crippen LogP contribution in [0.25, 0.3) is 0 Å². The Morgan fingerprint density at radius 2 is 2.14 bits per heavy atom. The molecule has 2 rings (SSSR count). The van der Waals surface area contributed by atoms with Crippen LogP contribution in [0.1, 0.15) is 34.2 Å².